The van der Waals surface area contributed by atoms with Crippen LogP contribution in [0.3, 0.4) is 0 Å². The first-order valence-electron chi connectivity index (χ1n) is 6.79. The molecule has 106 valence electrons. The lowest BCUT2D eigenvalue weighted by molar-refractivity contribution is 0.0520. The number of rotatable bonds is 4. The molecule has 0 aliphatic rings. The maximum atomic E-state index is 11.7. The van der Waals surface area contributed by atoms with Gasteiger partial charge in [0.15, 0.2) is 0 Å². The monoisotopic (exact) mass is 297 g/mol. The molecule has 3 aromatic rings. The van der Waals surface area contributed by atoms with E-state index in [9.17, 15) is 4.79 Å². The van der Waals surface area contributed by atoms with E-state index in [4.69, 9.17) is 4.74 Å². The minimum absolute atomic E-state index is 0.314. The van der Waals surface area contributed by atoms with Crippen LogP contribution in [-0.2, 0) is 4.74 Å². The summed E-state index contributed by atoms with van der Waals surface area (Å²) in [6.07, 6.45) is 0. The molecule has 0 atom stereocenters. The van der Waals surface area contributed by atoms with Crippen molar-refractivity contribution in [3.8, 4) is 0 Å². The smallest absolute Gasteiger partial charge is 0.354 e. The van der Waals surface area contributed by atoms with Crippen molar-refractivity contribution in [3.05, 3.63) is 60.3 Å². The molecule has 0 amide bonds. The number of aromatic nitrogens is 1. The van der Waals surface area contributed by atoms with Gasteiger partial charge in [0.2, 0.25) is 0 Å². The molecule has 0 saturated heterocycles. The van der Waals surface area contributed by atoms with Crippen LogP contribution in [-0.4, -0.2) is 17.6 Å². The Balaban J connectivity index is 1.88. The number of H-pyrrole nitrogens is 1. The van der Waals surface area contributed by atoms with Crippen LogP contribution in [0, 0.1) is 0 Å². The Hall–Kier alpha value is -2.20. The standard InChI is InChI=1S/C17H15NO2S/c1-2-20-17(19)16-11-12-10-14(8-9-15(12)18-16)21-13-6-4-3-5-7-13/h3-11,18H,2H2,1H3. The molecule has 0 radical (unpaired) electrons. The molecule has 0 fully saturated rings. The number of esters is 1. The predicted molar refractivity (Wildman–Crippen MR) is 84.8 cm³/mol. The zero-order valence-electron chi connectivity index (χ0n) is 11.6. The molecule has 2 aromatic carbocycles. The third-order valence-corrected chi connectivity index (χ3v) is 4.06. The van der Waals surface area contributed by atoms with Gasteiger partial charge >= 0.3 is 5.97 Å². The molecular weight excluding hydrogens is 282 g/mol. The van der Waals surface area contributed by atoms with Crippen LogP contribution < -0.4 is 0 Å². The van der Waals surface area contributed by atoms with Crippen molar-refractivity contribution in [1.29, 1.82) is 0 Å². The molecule has 1 heterocycles. The second-order valence-electron chi connectivity index (χ2n) is 4.57. The Morgan fingerprint density at radius 1 is 1.10 bits per heavy atom. The van der Waals surface area contributed by atoms with Crippen LogP contribution in [0.25, 0.3) is 10.9 Å². The van der Waals surface area contributed by atoms with Gasteiger partial charge in [0.05, 0.1) is 6.61 Å². The van der Waals surface area contributed by atoms with E-state index in [0.717, 1.165) is 15.8 Å². The van der Waals surface area contributed by atoms with Gasteiger partial charge in [0.25, 0.3) is 0 Å². The molecule has 0 bridgehead atoms. The maximum Gasteiger partial charge on any atom is 0.354 e. The van der Waals surface area contributed by atoms with Gasteiger partial charge in [-0.3, -0.25) is 0 Å². The zero-order chi connectivity index (χ0) is 14.7. The Labute approximate surface area is 127 Å². The fourth-order valence-electron chi connectivity index (χ4n) is 2.12. The summed E-state index contributed by atoms with van der Waals surface area (Å²) in [6.45, 7) is 2.18. The van der Waals surface area contributed by atoms with Gasteiger partial charge in [-0.2, -0.15) is 0 Å². The van der Waals surface area contributed by atoms with E-state index >= 15 is 0 Å². The van der Waals surface area contributed by atoms with Gasteiger partial charge in [-0.15, -0.1) is 0 Å². The van der Waals surface area contributed by atoms with E-state index in [1.807, 2.05) is 36.4 Å². The molecule has 4 heteroatoms. The summed E-state index contributed by atoms with van der Waals surface area (Å²) in [7, 11) is 0. The molecule has 0 aliphatic heterocycles. The van der Waals surface area contributed by atoms with Crippen molar-refractivity contribution in [2.75, 3.05) is 6.61 Å². The number of hydrogen-bond donors (Lipinski definition) is 1. The summed E-state index contributed by atoms with van der Waals surface area (Å²) in [5, 5.41) is 1.01. The fourth-order valence-corrected chi connectivity index (χ4v) is 3.01. The lowest BCUT2D eigenvalue weighted by Gasteiger charge is -2.01. The number of hydrogen-bond acceptors (Lipinski definition) is 3. The average Bonchev–Trinajstić information content (AvgIpc) is 2.92. The topological polar surface area (TPSA) is 42.1 Å². The van der Waals surface area contributed by atoms with Crippen LogP contribution in [0.5, 0.6) is 0 Å². The van der Waals surface area contributed by atoms with E-state index < -0.39 is 0 Å². The van der Waals surface area contributed by atoms with Crippen molar-refractivity contribution >= 4 is 28.6 Å². The highest BCUT2D eigenvalue weighted by Crippen LogP contribution is 2.30. The third-order valence-electron chi connectivity index (χ3n) is 3.07. The largest absolute Gasteiger partial charge is 0.461 e. The molecule has 3 rings (SSSR count). The second kappa shape index (κ2) is 6.06. The number of aromatic amines is 1. The lowest BCUT2D eigenvalue weighted by Crippen LogP contribution is -2.04. The van der Waals surface area contributed by atoms with Crippen LogP contribution in [0.4, 0.5) is 0 Å². The van der Waals surface area contributed by atoms with E-state index in [-0.39, 0.29) is 5.97 Å². The van der Waals surface area contributed by atoms with Gasteiger partial charge in [0, 0.05) is 20.7 Å². The molecule has 0 spiro atoms. The summed E-state index contributed by atoms with van der Waals surface area (Å²) >= 11 is 1.70. The van der Waals surface area contributed by atoms with E-state index in [2.05, 4.69) is 23.2 Å². The zero-order valence-corrected chi connectivity index (χ0v) is 12.4. The highest BCUT2D eigenvalue weighted by molar-refractivity contribution is 7.99. The van der Waals surface area contributed by atoms with Crippen molar-refractivity contribution in [1.82, 2.24) is 4.98 Å². The third kappa shape index (κ3) is 3.11. The SMILES string of the molecule is CCOC(=O)c1cc2cc(Sc3ccccc3)ccc2[nH]1. The fraction of sp³-hybridized carbons (Fsp3) is 0.118. The van der Waals surface area contributed by atoms with Crippen LogP contribution in [0.15, 0.2) is 64.4 Å². The summed E-state index contributed by atoms with van der Waals surface area (Å²) in [5.41, 5.74) is 1.43. The Morgan fingerprint density at radius 3 is 2.67 bits per heavy atom. The van der Waals surface area contributed by atoms with Crippen molar-refractivity contribution in [2.24, 2.45) is 0 Å². The first-order valence-corrected chi connectivity index (χ1v) is 7.60. The normalized spacial score (nSPS) is 10.7. The molecule has 3 nitrogen and oxygen atoms in total. The molecule has 0 aliphatic carbocycles. The summed E-state index contributed by atoms with van der Waals surface area (Å²) in [4.78, 5) is 17.2. The Bertz CT molecular complexity index is 765. The second-order valence-corrected chi connectivity index (χ2v) is 5.71. The van der Waals surface area contributed by atoms with Gasteiger partial charge in [-0.25, -0.2) is 4.79 Å². The lowest BCUT2D eigenvalue weighted by atomic mass is 10.2. The number of benzene rings is 2. The van der Waals surface area contributed by atoms with Crippen molar-refractivity contribution in [2.45, 2.75) is 16.7 Å². The van der Waals surface area contributed by atoms with E-state index in [1.54, 1.807) is 18.7 Å². The van der Waals surface area contributed by atoms with Gasteiger partial charge in [-0.05, 0) is 43.3 Å². The maximum absolute atomic E-state index is 11.7. The minimum Gasteiger partial charge on any atom is -0.461 e. The number of ether oxygens (including phenoxy) is 1. The van der Waals surface area contributed by atoms with Crippen molar-refractivity contribution < 1.29 is 9.53 Å². The van der Waals surface area contributed by atoms with Gasteiger partial charge < -0.3 is 9.72 Å². The van der Waals surface area contributed by atoms with Gasteiger partial charge in [0.1, 0.15) is 5.69 Å². The summed E-state index contributed by atoms with van der Waals surface area (Å²) < 4.78 is 5.01. The van der Waals surface area contributed by atoms with Gasteiger partial charge in [-0.1, -0.05) is 30.0 Å². The summed E-state index contributed by atoms with van der Waals surface area (Å²) in [6, 6.07) is 18.2. The minimum atomic E-state index is -0.314. The number of carbonyl (C=O) groups is 1. The Morgan fingerprint density at radius 2 is 1.90 bits per heavy atom. The first-order chi connectivity index (χ1) is 10.3. The predicted octanol–water partition coefficient (Wildman–Crippen LogP) is 4.50. The van der Waals surface area contributed by atoms with Crippen LogP contribution in [0.2, 0.25) is 0 Å². The van der Waals surface area contributed by atoms with Crippen molar-refractivity contribution in [3.63, 3.8) is 0 Å². The molecule has 21 heavy (non-hydrogen) atoms. The first kappa shape index (κ1) is 13.8. The van der Waals surface area contributed by atoms with Crippen LogP contribution in [0.1, 0.15) is 17.4 Å². The van der Waals surface area contributed by atoms with E-state index in [1.165, 1.54) is 4.90 Å². The number of nitrogens with one attached hydrogen (secondary N) is 1. The van der Waals surface area contributed by atoms with Crippen LogP contribution >= 0.6 is 11.8 Å². The molecule has 0 unspecified atom stereocenters. The highest BCUT2D eigenvalue weighted by Gasteiger charge is 2.10. The Kier molecular flexibility index (Phi) is 3.97. The number of carbonyl (C=O) groups excluding carboxylic acids is 1. The molecule has 1 N–H and O–H groups in total. The molecular formula is C17H15NO2S. The molecule has 1 aromatic heterocycles. The molecule has 0 saturated carbocycles. The highest BCUT2D eigenvalue weighted by atomic mass is 32.2. The quantitative estimate of drug-likeness (QED) is 0.721. The summed E-state index contributed by atoms with van der Waals surface area (Å²) in [5.74, 6) is -0.314. The average molecular weight is 297 g/mol. The number of fused-ring (bicyclic) bond motifs is 1. The van der Waals surface area contributed by atoms with E-state index in [0.29, 0.717) is 12.3 Å².